The number of halogens is 1. The summed E-state index contributed by atoms with van der Waals surface area (Å²) < 4.78 is 6.27. The minimum absolute atomic E-state index is 0.744. The molecule has 0 bridgehead atoms. The van der Waals surface area contributed by atoms with Crippen molar-refractivity contribution in [2.75, 3.05) is 7.11 Å². The molecule has 1 nitrogen and oxygen atoms in total. The topological polar surface area (TPSA) is 9.23 Å². The van der Waals surface area contributed by atoms with E-state index in [0.29, 0.717) is 0 Å². The highest BCUT2D eigenvalue weighted by atomic mass is 127. The van der Waals surface area contributed by atoms with E-state index in [2.05, 4.69) is 34.7 Å². The van der Waals surface area contributed by atoms with Gasteiger partial charge in [-0.25, -0.2) is 0 Å². The van der Waals surface area contributed by atoms with Gasteiger partial charge in [0.15, 0.2) is 0 Å². The molecular formula is C6H7IOS. The highest BCUT2D eigenvalue weighted by Gasteiger charge is 1.93. The van der Waals surface area contributed by atoms with Crippen molar-refractivity contribution >= 4 is 33.9 Å². The second-order valence-electron chi connectivity index (χ2n) is 1.64. The van der Waals surface area contributed by atoms with E-state index in [1.165, 1.54) is 7.76 Å². The van der Waals surface area contributed by atoms with Crippen LogP contribution in [0.1, 0.15) is 4.88 Å². The molecule has 1 aromatic heterocycles. The van der Waals surface area contributed by atoms with Gasteiger partial charge in [-0.1, -0.05) is 0 Å². The third kappa shape index (κ3) is 2.23. The van der Waals surface area contributed by atoms with Crippen molar-refractivity contribution < 1.29 is 4.74 Å². The summed E-state index contributed by atoms with van der Waals surface area (Å²) in [7, 11) is 1.71. The van der Waals surface area contributed by atoms with Crippen LogP contribution in [0.25, 0.3) is 0 Å². The lowest BCUT2D eigenvalue weighted by atomic mass is 10.5. The number of hydrogen-bond acceptors (Lipinski definition) is 2. The second-order valence-corrected chi connectivity index (χ2v) is 4.70. The van der Waals surface area contributed by atoms with Crippen molar-refractivity contribution in [2.24, 2.45) is 0 Å². The van der Waals surface area contributed by atoms with Crippen LogP contribution in [0.4, 0.5) is 0 Å². The summed E-state index contributed by atoms with van der Waals surface area (Å²) >= 11 is 4.08. The fourth-order valence-corrected chi connectivity index (χ4v) is 2.30. The van der Waals surface area contributed by atoms with Gasteiger partial charge in [-0.2, -0.15) is 0 Å². The molecule has 1 rings (SSSR count). The number of hydrogen-bond donors (Lipinski definition) is 0. The Hall–Kier alpha value is 0.390. The molecule has 9 heavy (non-hydrogen) atoms. The fraction of sp³-hybridized carbons (Fsp3) is 0.333. The Morgan fingerprint density at radius 2 is 2.44 bits per heavy atom. The van der Waals surface area contributed by atoms with Crippen molar-refractivity contribution in [2.45, 2.75) is 6.61 Å². The van der Waals surface area contributed by atoms with Gasteiger partial charge in [-0.3, -0.25) is 0 Å². The molecule has 0 spiro atoms. The average molecular weight is 254 g/mol. The smallest absolute Gasteiger partial charge is 0.0805 e. The Labute approximate surface area is 72.2 Å². The quantitative estimate of drug-likeness (QED) is 0.737. The molecule has 0 aliphatic rings. The van der Waals surface area contributed by atoms with E-state index in [4.69, 9.17) is 4.74 Å². The van der Waals surface area contributed by atoms with E-state index in [1.54, 1.807) is 18.4 Å². The van der Waals surface area contributed by atoms with Crippen LogP contribution >= 0.6 is 33.9 Å². The first-order chi connectivity index (χ1) is 4.33. The lowest BCUT2D eigenvalue weighted by Gasteiger charge is -1.89. The lowest BCUT2D eigenvalue weighted by molar-refractivity contribution is 0.187. The first-order valence-corrected chi connectivity index (χ1v) is 4.45. The maximum Gasteiger partial charge on any atom is 0.0805 e. The molecule has 3 heteroatoms. The van der Waals surface area contributed by atoms with Crippen molar-refractivity contribution in [3.05, 3.63) is 19.9 Å². The molecule has 0 aromatic carbocycles. The van der Waals surface area contributed by atoms with Gasteiger partial charge in [0, 0.05) is 12.0 Å². The van der Waals surface area contributed by atoms with Gasteiger partial charge >= 0.3 is 0 Å². The maximum atomic E-state index is 4.95. The van der Waals surface area contributed by atoms with Gasteiger partial charge in [0.05, 0.1) is 9.49 Å². The fourth-order valence-electron chi connectivity index (χ4n) is 0.572. The summed E-state index contributed by atoms with van der Waals surface area (Å²) in [6, 6.07) is 4.19. The van der Waals surface area contributed by atoms with E-state index in [-0.39, 0.29) is 0 Å². The zero-order valence-corrected chi connectivity index (χ0v) is 8.03. The Morgan fingerprint density at radius 1 is 1.67 bits per heavy atom. The number of ether oxygens (including phenoxy) is 1. The van der Waals surface area contributed by atoms with Gasteiger partial charge in [-0.15, -0.1) is 11.3 Å². The minimum Gasteiger partial charge on any atom is -0.379 e. The largest absolute Gasteiger partial charge is 0.379 e. The normalized spacial score (nSPS) is 10.0. The molecule has 0 fully saturated rings. The highest BCUT2D eigenvalue weighted by molar-refractivity contribution is 14.1. The van der Waals surface area contributed by atoms with Crippen LogP contribution in [0.3, 0.4) is 0 Å². The monoisotopic (exact) mass is 254 g/mol. The zero-order valence-electron chi connectivity index (χ0n) is 5.06. The average Bonchev–Trinajstić information content (AvgIpc) is 2.17. The van der Waals surface area contributed by atoms with Crippen molar-refractivity contribution in [3.8, 4) is 0 Å². The summed E-state index contributed by atoms with van der Waals surface area (Å²) in [5.41, 5.74) is 0. The van der Waals surface area contributed by atoms with E-state index in [0.717, 1.165) is 6.61 Å². The molecule has 0 saturated carbocycles. The standard InChI is InChI=1S/C6H7IOS/c1-8-4-5-2-3-6(7)9-5/h2-3H,4H2,1H3. The molecule has 50 valence electrons. The Kier molecular flexibility index (Phi) is 2.94. The molecule has 0 saturated heterocycles. The third-order valence-electron chi connectivity index (χ3n) is 0.915. The predicted molar refractivity (Wildman–Crippen MR) is 47.7 cm³/mol. The molecular weight excluding hydrogens is 247 g/mol. The molecule has 0 unspecified atom stereocenters. The Balaban J connectivity index is 2.61. The van der Waals surface area contributed by atoms with Crippen LogP contribution < -0.4 is 0 Å². The Bertz CT molecular complexity index is 185. The number of thiophene rings is 1. The van der Waals surface area contributed by atoms with Crippen molar-refractivity contribution in [3.63, 3.8) is 0 Å². The minimum atomic E-state index is 0.744. The summed E-state index contributed by atoms with van der Waals surface area (Å²) in [6.45, 7) is 0.744. The first kappa shape index (κ1) is 7.50. The summed E-state index contributed by atoms with van der Waals surface area (Å²) in [6.07, 6.45) is 0. The van der Waals surface area contributed by atoms with Gasteiger partial charge in [0.1, 0.15) is 0 Å². The van der Waals surface area contributed by atoms with Crippen LogP contribution in [0.15, 0.2) is 12.1 Å². The van der Waals surface area contributed by atoms with E-state index in [9.17, 15) is 0 Å². The van der Waals surface area contributed by atoms with E-state index in [1.807, 2.05) is 0 Å². The second kappa shape index (κ2) is 3.53. The zero-order chi connectivity index (χ0) is 6.69. The van der Waals surface area contributed by atoms with Gasteiger partial charge in [0.2, 0.25) is 0 Å². The predicted octanol–water partition coefficient (Wildman–Crippen LogP) is 2.50. The van der Waals surface area contributed by atoms with Crippen molar-refractivity contribution in [1.29, 1.82) is 0 Å². The summed E-state index contributed by atoms with van der Waals surface area (Å²) in [5, 5.41) is 0. The van der Waals surface area contributed by atoms with E-state index >= 15 is 0 Å². The summed E-state index contributed by atoms with van der Waals surface area (Å²) in [5.74, 6) is 0. The van der Waals surface area contributed by atoms with Crippen molar-refractivity contribution in [1.82, 2.24) is 0 Å². The lowest BCUT2D eigenvalue weighted by Crippen LogP contribution is -1.79. The molecule has 0 aliphatic heterocycles. The number of methoxy groups -OCH3 is 1. The molecule has 1 heterocycles. The molecule has 0 aliphatic carbocycles. The SMILES string of the molecule is COCc1ccc(I)s1. The van der Waals surface area contributed by atoms with Gasteiger partial charge < -0.3 is 4.74 Å². The first-order valence-electron chi connectivity index (χ1n) is 2.56. The third-order valence-corrected chi connectivity index (χ3v) is 2.78. The Morgan fingerprint density at radius 3 is 2.89 bits per heavy atom. The van der Waals surface area contributed by atoms with Crippen LogP contribution in [0.5, 0.6) is 0 Å². The molecule has 0 N–H and O–H groups in total. The van der Waals surface area contributed by atoms with Gasteiger partial charge in [-0.05, 0) is 34.7 Å². The van der Waals surface area contributed by atoms with Gasteiger partial charge in [0.25, 0.3) is 0 Å². The van der Waals surface area contributed by atoms with Crippen LogP contribution in [0.2, 0.25) is 0 Å². The molecule has 1 aromatic rings. The number of rotatable bonds is 2. The highest BCUT2D eigenvalue weighted by Crippen LogP contribution is 2.18. The maximum absolute atomic E-state index is 4.95. The van der Waals surface area contributed by atoms with Crippen LogP contribution in [-0.2, 0) is 11.3 Å². The van der Waals surface area contributed by atoms with Crippen LogP contribution in [-0.4, -0.2) is 7.11 Å². The molecule has 0 amide bonds. The molecule has 0 atom stereocenters. The van der Waals surface area contributed by atoms with Crippen LogP contribution in [0, 0.1) is 2.88 Å². The van der Waals surface area contributed by atoms with E-state index < -0.39 is 0 Å². The molecule has 0 radical (unpaired) electrons. The summed E-state index contributed by atoms with van der Waals surface area (Å²) in [4.78, 5) is 1.29.